The fraction of sp³-hybridized carbons (Fsp3) is 0.231. The summed E-state index contributed by atoms with van der Waals surface area (Å²) in [4.78, 5) is 28.3. The van der Waals surface area contributed by atoms with Crippen molar-refractivity contribution in [2.45, 2.75) is 32.4 Å². The van der Waals surface area contributed by atoms with Gasteiger partial charge < -0.3 is 10.2 Å². The van der Waals surface area contributed by atoms with Crippen LogP contribution in [0.4, 0.5) is 0 Å². The fourth-order valence-electron chi connectivity index (χ4n) is 3.62. The molecule has 0 spiro atoms. The molecule has 172 valence electrons. The summed E-state index contributed by atoms with van der Waals surface area (Å²) in [6.45, 7) is 2.40. The van der Waals surface area contributed by atoms with E-state index < -0.39 is 6.04 Å². The van der Waals surface area contributed by atoms with E-state index >= 15 is 0 Å². The van der Waals surface area contributed by atoms with Crippen molar-refractivity contribution in [3.63, 3.8) is 0 Å². The molecule has 3 aromatic rings. The Morgan fingerprint density at radius 2 is 1.52 bits per heavy atom. The number of carbonyl (C=O) groups excluding carboxylic acids is 2. The Hall–Kier alpha value is -2.53. The van der Waals surface area contributed by atoms with Gasteiger partial charge in [0.05, 0.1) is 6.42 Å². The van der Waals surface area contributed by atoms with E-state index in [0.717, 1.165) is 11.1 Å². The Morgan fingerprint density at radius 1 is 0.879 bits per heavy atom. The Kier molecular flexibility index (Phi) is 9.19. The molecule has 4 nitrogen and oxygen atoms in total. The van der Waals surface area contributed by atoms with Gasteiger partial charge in [0.2, 0.25) is 11.8 Å². The highest BCUT2D eigenvalue weighted by Crippen LogP contribution is 2.27. The Labute approximate surface area is 209 Å². The van der Waals surface area contributed by atoms with E-state index in [4.69, 9.17) is 34.8 Å². The molecule has 0 saturated heterocycles. The summed E-state index contributed by atoms with van der Waals surface area (Å²) in [5, 5.41) is 4.30. The number of carbonyl (C=O) groups is 2. The zero-order valence-electron chi connectivity index (χ0n) is 18.2. The van der Waals surface area contributed by atoms with Crippen LogP contribution in [0.15, 0.2) is 72.8 Å². The van der Waals surface area contributed by atoms with E-state index in [-0.39, 0.29) is 24.8 Å². The van der Waals surface area contributed by atoms with Gasteiger partial charge in [0.15, 0.2) is 0 Å². The number of benzene rings is 3. The molecular weight excluding hydrogens is 479 g/mol. The zero-order chi connectivity index (χ0) is 23.8. The van der Waals surface area contributed by atoms with Crippen molar-refractivity contribution in [3.8, 4) is 0 Å². The van der Waals surface area contributed by atoms with E-state index in [1.165, 1.54) is 0 Å². The molecule has 2 amide bonds. The van der Waals surface area contributed by atoms with Gasteiger partial charge in [-0.25, -0.2) is 0 Å². The molecule has 0 radical (unpaired) electrons. The molecule has 0 aliphatic heterocycles. The minimum Gasteiger partial charge on any atom is -0.355 e. The zero-order valence-corrected chi connectivity index (χ0v) is 20.5. The minimum absolute atomic E-state index is 0.0906. The number of hydrogen-bond donors (Lipinski definition) is 1. The predicted molar refractivity (Wildman–Crippen MR) is 135 cm³/mol. The first-order chi connectivity index (χ1) is 15.9. The number of nitrogens with zero attached hydrogens (tertiary/aromatic N) is 1. The van der Waals surface area contributed by atoms with Crippen molar-refractivity contribution in [3.05, 3.63) is 105 Å². The van der Waals surface area contributed by atoms with Crippen LogP contribution in [0, 0.1) is 0 Å². The largest absolute Gasteiger partial charge is 0.355 e. The van der Waals surface area contributed by atoms with E-state index in [1.807, 2.05) is 43.3 Å². The SMILES string of the molecule is CCNC(=O)[C@H](Cc1ccccc1)N(Cc1c(Cl)cccc1Cl)C(=O)Cc1cccc(Cl)c1. The quantitative estimate of drug-likeness (QED) is 0.391. The average Bonchev–Trinajstić information content (AvgIpc) is 2.78. The molecule has 1 atom stereocenters. The van der Waals surface area contributed by atoms with Crippen LogP contribution in [-0.2, 0) is 29.0 Å². The highest BCUT2D eigenvalue weighted by molar-refractivity contribution is 6.36. The normalized spacial score (nSPS) is 11.6. The van der Waals surface area contributed by atoms with Crippen LogP contribution in [0.2, 0.25) is 15.1 Å². The van der Waals surface area contributed by atoms with Gasteiger partial charge >= 0.3 is 0 Å². The number of likely N-dealkylation sites (N-methyl/N-ethyl adjacent to an activating group) is 1. The number of nitrogens with one attached hydrogen (secondary N) is 1. The number of hydrogen-bond acceptors (Lipinski definition) is 2. The van der Waals surface area contributed by atoms with Gasteiger partial charge in [-0.1, -0.05) is 83.3 Å². The van der Waals surface area contributed by atoms with Crippen LogP contribution in [0.25, 0.3) is 0 Å². The number of amides is 2. The highest BCUT2D eigenvalue weighted by atomic mass is 35.5. The van der Waals surface area contributed by atoms with Crippen molar-refractivity contribution in [1.82, 2.24) is 10.2 Å². The van der Waals surface area contributed by atoms with Gasteiger partial charge in [-0.15, -0.1) is 0 Å². The lowest BCUT2D eigenvalue weighted by Gasteiger charge is -2.32. The molecule has 0 fully saturated rings. The van der Waals surface area contributed by atoms with Crippen LogP contribution in [0.1, 0.15) is 23.6 Å². The highest BCUT2D eigenvalue weighted by Gasteiger charge is 2.31. The summed E-state index contributed by atoms with van der Waals surface area (Å²) in [5.41, 5.74) is 2.30. The van der Waals surface area contributed by atoms with Crippen LogP contribution < -0.4 is 5.32 Å². The molecule has 7 heteroatoms. The van der Waals surface area contributed by atoms with Crippen LogP contribution in [0.3, 0.4) is 0 Å². The summed E-state index contributed by atoms with van der Waals surface area (Å²) >= 11 is 19.0. The maximum absolute atomic E-state index is 13.6. The summed E-state index contributed by atoms with van der Waals surface area (Å²) in [6.07, 6.45) is 0.448. The third-order valence-electron chi connectivity index (χ3n) is 5.26. The summed E-state index contributed by atoms with van der Waals surface area (Å²) in [7, 11) is 0. The summed E-state index contributed by atoms with van der Waals surface area (Å²) in [5.74, 6) is -0.454. The molecule has 0 unspecified atom stereocenters. The second kappa shape index (κ2) is 12.1. The molecular formula is C26H25Cl3N2O2. The van der Waals surface area contributed by atoms with Gasteiger partial charge in [0.1, 0.15) is 6.04 Å². The Morgan fingerprint density at radius 3 is 2.15 bits per heavy atom. The van der Waals surface area contributed by atoms with E-state index in [0.29, 0.717) is 33.6 Å². The van der Waals surface area contributed by atoms with Crippen LogP contribution in [-0.4, -0.2) is 29.3 Å². The Bertz CT molecular complexity index is 1090. The maximum atomic E-state index is 13.6. The van der Waals surface area contributed by atoms with Gasteiger partial charge in [0.25, 0.3) is 0 Å². The molecule has 0 saturated carbocycles. The first kappa shape index (κ1) is 25.1. The monoisotopic (exact) mass is 502 g/mol. The van der Waals surface area contributed by atoms with Crippen molar-refractivity contribution in [2.75, 3.05) is 6.54 Å². The van der Waals surface area contributed by atoms with Crippen LogP contribution >= 0.6 is 34.8 Å². The van der Waals surface area contributed by atoms with Crippen molar-refractivity contribution < 1.29 is 9.59 Å². The third-order valence-corrected chi connectivity index (χ3v) is 6.20. The predicted octanol–water partition coefficient (Wildman–Crippen LogP) is 5.97. The van der Waals surface area contributed by atoms with Gasteiger partial charge in [-0.05, 0) is 42.3 Å². The maximum Gasteiger partial charge on any atom is 0.243 e. The van der Waals surface area contributed by atoms with Gasteiger partial charge in [0, 0.05) is 40.1 Å². The molecule has 0 aromatic heterocycles. The second-order valence-corrected chi connectivity index (χ2v) is 8.88. The molecule has 0 bridgehead atoms. The topological polar surface area (TPSA) is 49.4 Å². The lowest BCUT2D eigenvalue weighted by atomic mass is 10.0. The van der Waals surface area contributed by atoms with Gasteiger partial charge in [-0.3, -0.25) is 9.59 Å². The molecule has 33 heavy (non-hydrogen) atoms. The smallest absolute Gasteiger partial charge is 0.243 e. The lowest BCUT2D eigenvalue weighted by molar-refractivity contribution is -0.140. The number of halogens is 3. The minimum atomic E-state index is -0.744. The van der Waals surface area contributed by atoms with E-state index in [2.05, 4.69) is 5.32 Å². The lowest BCUT2D eigenvalue weighted by Crippen LogP contribution is -2.51. The van der Waals surface area contributed by atoms with Crippen LogP contribution in [0.5, 0.6) is 0 Å². The van der Waals surface area contributed by atoms with Crippen molar-refractivity contribution >= 4 is 46.6 Å². The van der Waals surface area contributed by atoms with Crippen molar-refractivity contribution in [1.29, 1.82) is 0 Å². The van der Waals surface area contributed by atoms with Crippen molar-refractivity contribution in [2.24, 2.45) is 0 Å². The molecule has 3 rings (SSSR count). The first-order valence-corrected chi connectivity index (χ1v) is 11.8. The number of rotatable bonds is 9. The molecule has 0 aliphatic carbocycles. The van der Waals surface area contributed by atoms with Gasteiger partial charge in [-0.2, -0.15) is 0 Å². The third kappa shape index (κ3) is 6.97. The van der Waals surface area contributed by atoms with E-state index in [9.17, 15) is 9.59 Å². The fourth-order valence-corrected chi connectivity index (χ4v) is 4.35. The molecule has 3 aromatic carbocycles. The first-order valence-electron chi connectivity index (χ1n) is 10.7. The molecule has 0 aliphatic rings. The Balaban J connectivity index is 2.00. The second-order valence-electron chi connectivity index (χ2n) is 7.63. The van der Waals surface area contributed by atoms with E-state index in [1.54, 1.807) is 41.3 Å². The molecule has 0 heterocycles. The standard InChI is InChI=1S/C26H25Cl3N2O2/c1-2-30-26(33)24(15-18-8-4-3-5-9-18)31(17-21-22(28)12-7-13-23(21)29)25(32)16-19-10-6-11-20(27)14-19/h3-14,24H,2,15-17H2,1H3,(H,30,33)/t24-/m0/s1. The average molecular weight is 504 g/mol. The molecule has 1 N–H and O–H groups in total. The summed E-state index contributed by atoms with van der Waals surface area (Å²) < 4.78 is 0. The summed E-state index contributed by atoms with van der Waals surface area (Å²) in [6, 6.07) is 21.2.